The van der Waals surface area contributed by atoms with Crippen molar-refractivity contribution >= 4 is 27.5 Å². The fourth-order valence-electron chi connectivity index (χ4n) is 8.91. The van der Waals surface area contributed by atoms with Crippen molar-refractivity contribution in [3.05, 3.63) is 41.5 Å². The van der Waals surface area contributed by atoms with Crippen molar-refractivity contribution in [2.24, 2.45) is 22.7 Å². The van der Waals surface area contributed by atoms with Crippen molar-refractivity contribution in [1.82, 2.24) is 9.88 Å². The van der Waals surface area contributed by atoms with Gasteiger partial charge in [0.05, 0.1) is 19.9 Å². The lowest BCUT2D eigenvalue weighted by Crippen LogP contribution is -2.60. The topological polar surface area (TPSA) is 106 Å². The molecule has 0 amide bonds. The van der Waals surface area contributed by atoms with Gasteiger partial charge in [0, 0.05) is 49.5 Å². The largest absolute Gasteiger partial charge is 0.481 e. The number of anilines is 1. The number of Topliss-reactive ketones (excluding diaryl/α,β-unsaturated/α-hetero) is 1. The molecule has 1 aliphatic heterocycles. The van der Waals surface area contributed by atoms with Gasteiger partial charge in [-0.2, -0.15) is 13.4 Å². The number of hydrogen-bond acceptors (Lipinski definition) is 9. The van der Waals surface area contributed by atoms with Gasteiger partial charge in [0.15, 0.2) is 17.2 Å². The van der Waals surface area contributed by atoms with E-state index in [4.69, 9.17) is 8.92 Å². The summed E-state index contributed by atoms with van der Waals surface area (Å²) in [5.74, 6) is 1.90. The van der Waals surface area contributed by atoms with Gasteiger partial charge in [-0.25, -0.2) is 0 Å². The van der Waals surface area contributed by atoms with E-state index < -0.39 is 21.1 Å². The Labute approximate surface area is 249 Å². The molecular formula is C32H43N3O6S. The minimum Gasteiger partial charge on any atom is -0.481 e. The molecule has 9 nitrogen and oxygen atoms in total. The number of methoxy groups -OCH3 is 1. The number of fused-ring (bicyclic) bond motifs is 5. The smallest absolute Gasteiger partial charge is 0.265 e. The summed E-state index contributed by atoms with van der Waals surface area (Å²) in [4.78, 5) is 35.4. The van der Waals surface area contributed by atoms with Gasteiger partial charge < -0.3 is 9.64 Å². The maximum atomic E-state index is 14.4. The summed E-state index contributed by atoms with van der Waals surface area (Å²) in [6.07, 6.45) is 10.2. The molecular weight excluding hydrogens is 554 g/mol. The van der Waals surface area contributed by atoms with Crippen molar-refractivity contribution in [2.45, 2.75) is 64.4 Å². The lowest BCUT2D eigenvalue weighted by Gasteiger charge is -2.55. The quantitative estimate of drug-likeness (QED) is 0.341. The SMILES string of the molecule is COc1cccc(N2CCN(CC(=O)[C@]3(OS(C)(=O)=O)CC[C@H]4[C@@H]5CCC6=CC(=O)CC[C@]6(C)C5=CC[C@@]43C)CC2)n1. The molecule has 6 rings (SSSR count). The van der Waals surface area contributed by atoms with Gasteiger partial charge in [-0.1, -0.05) is 37.1 Å². The summed E-state index contributed by atoms with van der Waals surface area (Å²) in [5.41, 5.74) is 0.483. The fraction of sp³-hybridized carbons (Fsp3) is 0.656. The molecule has 4 aliphatic carbocycles. The predicted octanol–water partition coefficient (Wildman–Crippen LogP) is 3.95. The second-order valence-corrected chi connectivity index (χ2v) is 15.0. The van der Waals surface area contributed by atoms with Gasteiger partial charge in [-0.3, -0.25) is 18.7 Å². The molecule has 0 bridgehead atoms. The first-order valence-corrected chi connectivity index (χ1v) is 17.1. The zero-order valence-electron chi connectivity index (χ0n) is 25.2. The molecule has 10 heteroatoms. The Morgan fingerprint density at radius 2 is 1.86 bits per heavy atom. The second-order valence-electron chi connectivity index (χ2n) is 13.4. The average molecular weight is 598 g/mol. The minimum absolute atomic E-state index is 0.123. The third-order valence-corrected chi connectivity index (χ3v) is 11.8. The summed E-state index contributed by atoms with van der Waals surface area (Å²) in [6, 6.07) is 5.69. The van der Waals surface area contributed by atoms with E-state index in [0.29, 0.717) is 51.3 Å². The Hall–Kier alpha value is -2.56. The van der Waals surface area contributed by atoms with Crippen LogP contribution in [0.3, 0.4) is 0 Å². The number of ketones is 2. The van der Waals surface area contributed by atoms with Gasteiger partial charge in [-0.05, 0) is 62.5 Å². The molecule has 2 heterocycles. The summed E-state index contributed by atoms with van der Waals surface area (Å²) in [6.45, 7) is 7.26. The van der Waals surface area contributed by atoms with E-state index in [1.54, 1.807) is 7.11 Å². The zero-order chi connectivity index (χ0) is 29.9. The molecule has 0 spiro atoms. The lowest BCUT2D eigenvalue weighted by molar-refractivity contribution is -0.148. The second kappa shape index (κ2) is 10.6. The molecule has 3 fully saturated rings. The van der Waals surface area contributed by atoms with Crippen molar-refractivity contribution in [2.75, 3.05) is 51.0 Å². The van der Waals surface area contributed by atoms with E-state index in [2.05, 4.69) is 34.7 Å². The van der Waals surface area contributed by atoms with Crippen molar-refractivity contribution in [3.8, 4) is 5.88 Å². The standard InChI is InChI=1S/C32H43N3O6S/c1-30-13-10-23(36)20-22(30)8-9-24-25(30)11-14-31(2)26(24)12-15-32(31,41-42(4,38)39)27(37)21-34-16-18-35(19-17-34)28-6-5-7-29(33-28)40-3/h5-7,11,20,24,26H,8-10,12-19,21H2,1-4H3/t24-,26+,30+,31+,32-/m1/s1. The van der Waals surface area contributed by atoms with Crippen LogP contribution in [0.4, 0.5) is 5.82 Å². The number of carbonyl (C=O) groups excluding carboxylic acids is 2. The van der Waals surface area contributed by atoms with Crippen LogP contribution in [0.2, 0.25) is 0 Å². The van der Waals surface area contributed by atoms with Gasteiger partial charge in [-0.15, -0.1) is 0 Å². The van der Waals surface area contributed by atoms with Crippen LogP contribution < -0.4 is 9.64 Å². The number of ether oxygens (including phenoxy) is 1. The molecule has 5 atom stereocenters. The Morgan fingerprint density at radius 3 is 2.57 bits per heavy atom. The zero-order valence-corrected chi connectivity index (χ0v) is 26.0. The Bertz CT molecular complexity index is 1450. The van der Waals surface area contributed by atoms with Crippen LogP contribution in [0.5, 0.6) is 5.88 Å². The van der Waals surface area contributed by atoms with Crippen LogP contribution in [-0.4, -0.2) is 81.6 Å². The number of pyridine rings is 1. The molecule has 42 heavy (non-hydrogen) atoms. The molecule has 5 aliphatic rings. The minimum atomic E-state index is -3.89. The highest BCUT2D eigenvalue weighted by molar-refractivity contribution is 7.86. The monoisotopic (exact) mass is 597 g/mol. The molecule has 1 aromatic heterocycles. The first-order valence-electron chi connectivity index (χ1n) is 15.3. The summed E-state index contributed by atoms with van der Waals surface area (Å²) in [5, 5.41) is 0. The molecule has 228 valence electrons. The maximum Gasteiger partial charge on any atom is 0.265 e. The van der Waals surface area contributed by atoms with Crippen molar-refractivity contribution < 1.29 is 26.9 Å². The van der Waals surface area contributed by atoms with E-state index in [9.17, 15) is 18.0 Å². The molecule has 0 aromatic carbocycles. The summed E-state index contributed by atoms with van der Waals surface area (Å²) < 4.78 is 36.7. The van der Waals surface area contributed by atoms with E-state index in [1.807, 2.05) is 24.3 Å². The first kappa shape index (κ1) is 29.5. The summed E-state index contributed by atoms with van der Waals surface area (Å²) >= 11 is 0. The van der Waals surface area contributed by atoms with Gasteiger partial charge in [0.2, 0.25) is 5.88 Å². The van der Waals surface area contributed by atoms with Crippen molar-refractivity contribution in [1.29, 1.82) is 0 Å². The number of piperazine rings is 1. The van der Waals surface area contributed by atoms with Crippen LogP contribution in [0.1, 0.15) is 58.8 Å². The van der Waals surface area contributed by atoms with Crippen LogP contribution in [0.15, 0.2) is 41.5 Å². The van der Waals surface area contributed by atoms with Crippen LogP contribution >= 0.6 is 0 Å². The first-order chi connectivity index (χ1) is 19.9. The number of hydrogen-bond donors (Lipinski definition) is 0. The number of carbonyl (C=O) groups is 2. The molecule has 0 N–H and O–H groups in total. The third kappa shape index (κ3) is 4.83. The molecule has 0 radical (unpaired) electrons. The fourth-order valence-corrected chi connectivity index (χ4v) is 9.80. The highest BCUT2D eigenvalue weighted by Gasteiger charge is 2.67. The van der Waals surface area contributed by atoms with Gasteiger partial charge in [0.1, 0.15) is 5.82 Å². The Kier molecular flexibility index (Phi) is 7.42. The number of allylic oxidation sites excluding steroid dienone is 4. The number of aromatic nitrogens is 1. The average Bonchev–Trinajstić information content (AvgIpc) is 3.25. The van der Waals surface area contributed by atoms with Crippen molar-refractivity contribution in [3.63, 3.8) is 0 Å². The number of nitrogens with zero attached hydrogens (tertiary/aromatic N) is 3. The van der Waals surface area contributed by atoms with Gasteiger partial charge in [0.25, 0.3) is 10.1 Å². The predicted molar refractivity (Wildman–Crippen MR) is 160 cm³/mol. The molecule has 1 aromatic rings. The van der Waals surface area contributed by atoms with Crippen LogP contribution in [-0.2, 0) is 23.9 Å². The lowest BCUT2D eigenvalue weighted by atomic mass is 9.50. The molecule has 2 saturated carbocycles. The molecule has 1 saturated heterocycles. The molecule has 0 unspecified atom stereocenters. The van der Waals surface area contributed by atoms with E-state index in [0.717, 1.165) is 37.8 Å². The normalized spacial score (nSPS) is 35.0. The number of rotatable bonds is 7. The van der Waals surface area contributed by atoms with E-state index in [1.165, 1.54) is 11.1 Å². The van der Waals surface area contributed by atoms with Gasteiger partial charge >= 0.3 is 0 Å². The Morgan fingerprint density at radius 1 is 1.10 bits per heavy atom. The Balaban J connectivity index is 1.24. The third-order valence-electron chi connectivity index (χ3n) is 11.2. The van der Waals surface area contributed by atoms with Crippen LogP contribution in [0.25, 0.3) is 0 Å². The maximum absolute atomic E-state index is 14.4. The summed E-state index contributed by atoms with van der Waals surface area (Å²) in [7, 11) is -2.29. The highest BCUT2D eigenvalue weighted by Crippen LogP contribution is 2.66. The van der Waals surface area contributed by atoms with E-state index >= 15 is 0 Å². The van der Waals surface area contributed by atoms with E-state index in [-0.39, 0.29) is 35.4 Å². The van der Waals surface area contributed by atoms with Crippen LogP contribution in [0, 0.1) is 22.7 Å². The highest BCUT2D eigenvalue weighted by atomic mass is 32.2.